The Hall–Kier alpha value is -2.44. The van der Waals surface area contributed by atoms with Crippen LogP contribution in [0, 0.1) is 13.8 Å². The summed E-state index contributed by atoms with van der Waals surface area (Å²) >= 11 is 0. The summed E-state index contributed by atoms with van der Waals surface area (Å²) in [6.45, 7) is 7.25. The highest BCUT2D eigenvalue weighted by atomic mass is 16.3. The summed E-state index contributed by atoms with van der Waals surface area (Å²) in [4.78, 5) is 17.2. The first-order valence-corrected chi connectivity index (χ1v) is 10.0. The number of H-pyrrole nitrogens is 1. The minimum atomic E-state index is -0.277. The van der Waals surface area contributed by atoms with Gasteiger partial charge in [-0.15, -0.1) is 0 Å². The molecule has 1 aromatic carbocycles. The lowest BCUT2D eigenvalue weighted by Crippen LogP contribution is -2.39. The fraction of sp³-hybridized carbons (Fsp3) is 0.455. The van der Waals surface area contributed by atoms with Crippen molar-refractivity contribution >= 4 is 16.7 Å². The van der Waals surface area contributed by atoms with E-state index in [9.17, 15) is 5.11 Å². The molecule has 0 spiro atoms. The Bertz CT molecular complexity index is 967. The Morgan fingerprint density at radius 2 is 2.11 bits per heavy atom. The maximum Gasteiger partial charge on any atom is 0.133 e. The molecule has 0 aliphatic carbocycles. The third-order valence-electron chi connectivity index (χ3n) is 5.34. The first kappa shape index (κ1) is 18.9. The van der Waals surface area contributed by atoms with Crippen LogP contribution in [-0.4, -0.2) is 51.2 Å². The number of aliphatic hydroxyl groups excluding tert-OH is 1. The van der Waals surface area contributed by atoms with Crippen molar-refractivity contribution in [2.24, 2.45) is 0 Å². The Labute approximate surface area is 166 Å². The summed E-state index contributed by atoms with van der Waals surface area (Å²) in [5.74, 6) is 1.97. The molecule has 2 aromatic heterocycles. The molecule has 6 heteroatoms. The van der Waals surface area contributed by atoms with E-state index in [1.165, 1.54) is 16.5 Å². The molecular formula is C22H29N5O. The number of imidazole rings is 1. The molecule has 0 bridgehead atoms. The van der Waals surface area contributed by atoms with Gasteiger partial charge in [-0.1, -0.05) is 11.6 Å². The van der Waals surface area contributed by atoms with Crippen molar-refractivity contribution in [2.75, 3.05) is 25.0 Å². The zero-order valence-electron chi connectivity index (χ0n) is 16.9. The second-order valence-corrected chi connectivity index (χ2v) is 8.09. The average molecular weight is 380 g/mol. The molecule has 6 nitrogen and oxygen atoms in total. The number of aliphatic hydroxyl groups is 1. The number of nitrogens with one attached hydrogen (secondary N) is 1. The van der Waals surface area contributed by atoms with E-state index in [0.29, 0.717) is 6.54 Å². The third kappa shape index (κ3) is 4.18. The van der Waals surface area contributed by atoms with Gasteiger partial charge in [-0.3, -0.25) is 4.90 Å². The first-order valence-electron chi connectivity index (χ1n) is 10.0. The van der Waals surface area contributed by atoms with E-state index < -0.39 is 0 Å². The topological polar surface area (TPSA) is 68.3 Å². The lowest BCUT2D eigenvalue weighted by Gasteiger charge is -2.33. The van der Waals surface area contributed by atoms with E-state index in [4.69, 9.17) is 4.98 Å². The Balaban J connectivity index is 1.66. The molecule has 1 fully saturated rings. The SMILES string of the molecule is Cc1ccc2nc(N3CCC[C@@H](O)C3)c(CN(C)Cc3ncc(C)[nH]3)cc2c1. The van der Waals surface area contributed by atoms with E-state index in [1.807, 2.05) is 13.1 Å². The molecule has 1 aliphatic rings. The molecule has 4 rings (SSSR count). The van der Waals surface area contributed by atoms with Crippen molar-refractivity contribution in [2.45, 2.75) is 45.9 Å². The molecule has 0 amide bonds. The van der Waals surface area contributed by atoms with Gasteiger partial charge < -0.3 is 15.0 Å². The molecule has 0 saturated carbocycles. The van der Waals surface area contributed by atoms with Crippen LogP contribution < -0.4 is 4.90 Å². The van der Waals surface area contributed by atoms with Gasteiger partial charge in [-0.05, 0) is 51.9 Å². The minimum Gasteiger partial charge on any atom is -0.391 e. The second kappa shape index (κ2) is 7.89. The fourth-order valence-corrected chi connectivity index (χ4v) is 4.02. The van der Waals surface area contributed by atoms with E-state index >= 15 is 0 Å². The average Bonchev–Trinajstić information content (AvgIpc) is 3.05. The molecule has 2 N–H and O–H groups in total. The summed E-state index contributed by atoms with van der Waals surface area (Å²) in [6.07, 6.45) is 3.46. The zero-order chi connectivity index (χ0) is 19.7. The van der Waals surface area contributed by atoms with Gasteiger partial charge in [0.25, 0.3) is 0 Å². The quantitative estimate of drug-likeness (QED) is 0.713. The van der Waals surface area contributed by atoms with Crippen LogP contribution in [0.4, 0.5) is 5.82 Å². The number of aromatic nitrogens is 3. The molecule has 148 valence electrons. The normalized spacial score (nSPS) is 17.6. The van der Waals surface area contributed by atoms with Crippen molar-refractivity contribution in [1.82, 2.24) is 19.9 Å². The largest absolute Gasteiger partial charge is 0.391 e. The molecule has 3 heterocycles. The summed E-state index contributed by atoms with van der Waals surface area (Å²) in [7, 11) is 2.10. The number of rotatable bonds is 5. The van der Waals surface area contributed by atoms with Crippen LogP contribution in [0.5, 0.6) is 0 Å². The summed E-state index contributed by atoms with van der Waals surface area (Å²) < 4.78 is 0. The molecule has 28 heavy (non-hydrogen) atoms. The Morgan fingerprint density at radius 1 is 1.25 bits per heavy atom. The van der Waals surface area contributed by atoms with Crippen molar-refractivity contribution in [3.8, 4) is 0 Å². The van der Waals surface area contributed by atoms with Gasteiger partial charge in [-0.25, -0.2) is 9.97 Å². The van der Waals surface area contributed by atoms with E-state index in [2.05, 4.69) is 58.0 Å². The van der Waals surface area contributed by atoms with E-state index in [1.54, 1.807) is 0 Å². The van der Waals surface area contributed by atoms with Gasteiger partial charge in [0.15, 0.2) is 0 Å². The third-order valence-corrected chi connectivity index (χ3v) is 5.34. The predicted octanol–water partition coefficient (Wildman–Crippen LogP) is 3.17. The van der Waals surface area contributed by atoms with Gasteiger partial charge in [0.2, 0.25) is 0 Å². The highest BCUT2D eigenvalue weighted by Crippen LogP contribution is 2.28. The van der Waals surface area contributed by atoms with Crippen molar-refractivity contribution in [1.29, 1.82) is 0 Å². The molecule has 1 saturated heterocycles. The van der Waals surface area contributed by atoms with Gasteiger partial charge in [0.1, 0.15) is 11.6 Å². The summed E-state index contributed by atoms with van der Waals surface area (Å²) in [5, 5.41) is 11.3. The first-order chi connectivity index (χ1) is 13.5. The number of fused-ring (bicyclic) bond motifs is 1. The van der Waals surface area contributed by atoms with Gasteiger partial charge in [-0.2, -0.15) is 0 Å². The Kier molecular flexibility index (Phi) is 5.33. The van der Waals surface area contributed by atoms with E-state index in [0.717, 1.165) is 55.3 Å². The number of pyridine rings is 1. The summed E-state index contributed by atoms with van der Waals surface area (Å²) in [5.41, 5.74) is 4.52. The number of hydrogen-bond donors (Lipinski definition) is 2. The second-order valence-electron chi connectivity index (χ2n) is 8.09. The van der Waals surface area contributed by atoms with Crippen molar-refractivity contribution in [3.05, 3.63) is 53.1 Å². The highest BCUT2D eigenvalue weighted by Gasteiger charge is 2.22. The number of nitrogens with zero attached hydrogens (tertiary/aromatic N) is 4. The van der Waals surface area contributed by atoms with Gasteiger partial charge >= 0.3 is 0 Å². The number of piperidine rings is 1. The fourth-order valence-electron chi connectivity index (χ4n) is 4.02. The van der Waals surface area contributed by atoms with Crippen LogP contribution in [0.25, 0.3) is 10.9 Å². The number of anilines is 1. The predicted molar refractivity (Wildman–Crippen MR) is 112 cm³/mol. The standard InChI is InChI=1S/C22H29N5O/c1-15-6-7-20-17(9-15)10-18(12-26(3)14-21-23-11-16(2)24-21)22(25-20)27-8-4-5-19(28)13-27/h6-7,9-11,19,28H,4-5,8,12-14H2,1-3H3,(H,23,24)/t19-/m1/s1. The van der Waals surface area contributed by atoms with Crippen LogP contribution in [-0.2, 0) is 13.1 Å². The Morgan fingerprint density at radius 3 is 2.86 bits per heavy atom. The number of hydrogen-bond acceptors (Lipinski definition) is 5. The molecule has 0 unspecified atom stereocenters. The number of benzene rings is 1. The maximum atomic E-state index is 10.2. The number of β-amino-alcohol motifs (C(OH)–C–C–N with tert-alkyl or cyclic N) is 1. The van der Waals surface area contributed by atoms with Crippen LogP contribution in [0.1, 0.15) is 35.5 Å². The van der Waals surface area contributed by atoms with Crippen LogP contribution in [0.15, 0.2) is 30.5 Å². The molecule has 0 radical (unpaired) electrons. The number of aromatic amines is 1. The van der Waals surface area contributed by atoms with E-state index in [-0.39, 0.29) is 6.10 Å². The van der Waals surface area contributed by atoms with Crippen molar-refractivity contribution < 1.29 is 5.11 Å². The summed E-state index contributed by atoms with van der Waals surface area (Å²) in [6, 6.07) is 8.65. The molecule has 1 aliphatic heterocycles. The van der Waals surface area contributed by atoms with Crippen molar-refractivity contribution in [3.63, 3.8) is 0 Å². The van der Waals surface area contributed by atoms with Gasteiger partial charge in [0.05, 0.1) is 18.2 Å². The molecule has 3 aromatic rings. The lowest BCUT2D eigenvalue weighted by atomic mass is 10.1. The molecular weight excluding hydrogens is 350 g/mol. The zero-order valence-corrected chi connectivity index (χ0v) is 16.9. The van der Waals surface area contributed by atoms with Crippen LogP contribution in [0.3, 0.4) is 0 Å². The number of aryl methyl sites for hydroxylation is 2. The lowest BCUT2D eigenvalue weighted by molar-refractivity contribution is 0.153. The molecule has 1 atom stereocenters. The highest BCUT2D eigenvalue weighted by molar-refractivity contribution is 5.82. The monoisotopic (exact) mass is 379 g/mol. The smallest absolute Gasteiger partial charge is 0.133 e. The van der Waals surface area contributed by atoms with Gasteiger partial charge in [0, 0.05) is 42.5 Å². The minimum absolute atomic E-state index is 0.277. The van der Waals surface area contributed by atoms with Crippen LogP contribution >= 0.6 is 0 Å². The maximum absolute atomic E-state index is 10.2. The van der Waals surface area contributed by atoms with Crippen LogP contribution in [0.2, 0.25) is 0 Å².